The molecule has 1 heterocycles. The Morgan fingerprint density at radius 1 is 1.08 bits per heavy atom. The monoisotopic (exact) mass is 349 g/mol. The Labute approximate surface area is 153 Å². The minimum Gasteiger partial charge on any atom is -0.493 e. The molecule has 3 aromatic rings. The fraction of sp³-hybridized carbons (Fsp3) is 0.238. The van der Waals surface area contributed by atoms with Crippen molar-refractivity contribution < 1.29 is 9.53 Å². The van der Waals surface area contributed by atoms with Crippen molar-refractivity contribution in [3.63, 3.8) is 0 Å². The number of benzene rings is 2. The molecule has 0 unspecified atom stereocenters. The largest absolute Gasteiger partial charge is 0.493 e. The smallest absolute Gasteiger partial charge is 0.259 e. The van der Waals surface area contributed by atoms with Crippen LogP contribution in [0.1, 0.15) is 29.0 Å². The molecule has 0 aliphatic carbocycles. The molecule has 0 saturated carbocycles. The number of anilines is 1. The maximum absolute atomic E-state index is 12.5. The summed E-state index contributed by atoms with van der Waals surface area (Å²) in [6.07, 6.45) is 5.70. The van der Waals surface area contributed by atoms with Crippen molar-refractivity contribution in [1.82, 2.24) is 9.55 Å². The number of hydrogen-bond donors (Lipinski definition) is 1. The number of aryl methyl sites for hydroxylation is 2. The van der Waals surface area contributed by atoms with E-state index in [1.165, 1.54) is 0 Å². The number of para-hydroxylation sites is 2. The third-order valence-corrected chi connectivity index (χ3v) is 4.14. The lowest BCUT2D eigenvalue weighted by molar-refractivity contribution is 0.102. The molecule has 1 N–H and O–H groups in total. The van der Waals surface area contributed by atoms with Gasteiger partial charge in [0.05, 0.1) is 12.2 Å². The van der Waals surface area contributed by atoms with Crippen LogP contribution in [0.15, 0.2) is 67.0 Å². The Hall–Kier alpha value is -3.08. The van der Waals surface area contributed by atoms with Gasteiger partial charge in [-0.05, 0) is 44.0 Å². The van der Waals surface area contributed by atoms with E-state index in [4.69, 9.17) is 4.74 Å². The third-order valence-electron chi connectivity index (χ3n) is 4.14. The molecule has 134 valence electrons. The van der Waals surface area contributed by atoms with Crippen LogP contribution in [0.3, 0.4) is 0 Å². The molecule has 1 amide bonds. The summed E-state index contributed by atoms with van der Waals surface area (Å²) in [5, 5.41) is 2.90. The van der Waals surface area contributed by atoms with E-state index in [-0.39, 0.29) is 5.91 Å². The fourth-order valence-corrected chi connectivity index (χ4v) is 2.71. The molecule has 0 atom stereocenters. The lowest BCUT2D eigenvalue weighted by Crippen LogP contribution is -2.14. The highest BCUT2D eigenvalue weighted by atomic mass is 16.5. The Morgan fingerprint density at radius 3 is 2.62 bits per heavy atom. The highest BCUT2D eigenvalue weighted by Crippen LogP contribution is 2.20. The van der Waals surface area contributed by atoms with Gasteiger partial charge in [0.15, 0.2) is 0 Å². The van der Waals surface area contributed by atoms with E-state index in [2.05, 4.69) is 14.9 Å². The number of imidazole rings is 1. The lowest BCUT2D eigenvalue weighted by Gasteiger charge is -2.12. The van der Waals surface area contributed by atoms with Gasteiger partial charge in [-0.15, -0.1) is 0 Å². The zero-order chi connectivity index (χ0) is 18.2. The first kappa shape index (κ1) is 17.7. The summed E-state index contributed by atoms with van der Waals surface area (Å²) in [7, 11) is 0. The van der Waals surface area contributed by atoms with Crippen LogP contribution in [0.25, 0.3) is 0 Å². The quantitative estimate of drug-likeness (QED) is 0.617. The molecular formula is C21H23N3O2. The SMILES string of the molecule is Cc1nccn1CCCCOc1ccccc1C(=O)Nc1ccccc1. The van der Waals surface area contributed by atoms with Gasteiger partial charge < -0.3 is 14.6 Å². The molecular weight excluding hydrogens is 326 g/mol. The van der Waals surface area contributed by atoms with Crippen molar-refractivity contribution in [1.29, 1.82) is 0 Å². The van der Waals surface area contributed by atoms with Crippen molar-refractivity contribution in [3.05, 3.63) is 78.4 Å². The normalized spacial score (nSPS) is 10.5. The predicted octanol–water partition coefficient (Wildman–Crippen LogP) is 4.30. The number of rotatable bonds is 8. The number of nitrogens with zero attached hydrogens (tertiary/aromatic N) is 2. The number of nitrogens with one attached hydrogen (secondary N) is 1. The van der Waals surface area contributed by atoms with E-state index >= 15 is 0 Å². The molecule has 1 aromatic heterocycles. The van der Waals surface area contributed by atoms with E-state index in [0.29, 0.717) is 17.9 Å². The van der Waals surface area contributed by atoms with Crippen LogP contribution in [0, 0.1) is 6.92 Å². The minimum absolute atomic E-state index is 0.166. The summed E-state index contributed by atoms with van der Waals surface area (Å²) in [6, 6.07) is 16.7. The van der Waals surface area contributed by atoms with Gasteiger partial charge >= 0.3 is 0 Å². The van der Waals surface area contributed by atoms with Crippen LogP contribution in [-0.4, -0.2) is 22.1 Å². The van der Waals surface area contributed by atoms with Crippen LogP contribution in [-0.2, 0) is 6.54 Å². The van der Waals surface area contributed by atoms with Crippen molar-refractivity contribution in [2.24, 2.45) is 0 Å². The molecule has 0 fully saturated rings. The van der Waals surface area contributed by atoms with Crippen molar-refractivity contribution >= 4 is 11.6 Å². The molecule has 0 aliphatic heterocycles. The van der Waals surface area contributed by atoms with Gasteiger partial charge in [-0.1, -0.05) is 30.3 Å². The van der Waals surface area contributed by atoms with Gasteiger partial charge in [-0.25, -0.2) is 4.98 Å². The average molecular weight is 349 g/mol. The number of aromatic nitrogens is 2. The second kappa shape index (κ2) is 8.85. The average Bonchev–Trinajstić information content (AvgIpc) is 3.07. The number of amides is 1. The number of ether oxygens (including phenoxy) is 1. The molecule has 3 rings (SSSR count). The summed E-state index contributed by atoms with van der Waals surface area (Å²) in [6.45, 7) is 3.49. The standard InChI is InChI=1S/C21H23N3O2/c1-17-22-13-15-24(17)14-7-8-16-26-20-12-6-5-11-19(20)21(25)23-18-9-3-2-4-10-18/h2-6,9-13,15H,7-8,14,16H2,1H3,(H,23,25). The topological polar surface area (TPSA) is 56.2 Å². The molecule has 0 saturated heterocycles. The van der Waals surface area contributed by atoms with Gasteiger partial charge in [-0.3, -0.25) is 4.79 Å². The molecule has 0 aliphatic rings. The summed E-state index contributed by atoms with van der Waals surface area (Å²) in [4.78, 5) is 16.7. The van der Waals surface area contributed by atoms with E-state index < -0.39 is 0 Å². The third kappa shape index (κ3) is 4.72. The summed E-state index contributed by atoms with van der Waals surface area (Å²) in [5.74, 6) is 1.47. The zero-order valence-electron chi connectivity index (χ0n) is 14.9. The van der Waals surface area contributed by atoms with E-state index in [0.717, 1.165) is 30.9 Å². The summed E-state index contributed by atoms with van der Waals surface area (Å²) >= 11 is 0. The van der Waals surface area contributed by atoms with E-state index in [1.807, 2.05) is 67.8 Å². The molecule has 5 nitrogen and oxygen atoms in total. The predicted molar refractivity (Wildman–Crippen MR) is 103 cm³/mol. The Bertz CT molecular complexity index is 843. The van der Waals surface area contributed by atoms with Crippen molar-refractivity contribution in [2.45, 2.75) is 26.3 Å². The second-order valence-corrected chi connectivity index (χ2v) is 6.04. The maximum Gasteiger partial charge on any atom is 0.259 e. The maximum atomic E-state index is 12.5. The molecule has 26 heavy (non-hydrogen) atoms. The van der Waals surface area contributed by atoms with Crippen molar-refractivity contribution in [2.75, 3.05) is 11.9 Å². The lowest BCUT2D eigenvalue weighted by atomic mass is 10.2. The van der Waals surface area contributed by atoms with Crippen LogP contribution in [0.4, 0.5) is 5.69 Å². The van der Waals surface area contributed by atoms with Crippen LogP contribution in [0.5, 0.6) is 5.75 Å². The molecule has 0 radical (unpaired) electrons. The second-order valence-electron chi connectivity index (χ2n) is 6.04. The van der Waals surface area contributed by atoms with E-state index in [9.17, 15) is 4.79 Å². The van der Waals surface area contributed by atoms with Crippen molar-refractivity contribution in [3.8, 4) is 5.75 Å². The Morgan fingerprint density at radius 2 is 1.85 bits per heavy atom. The van der Waals surface area contributed by atoms with Gasteiger partial charge in [0, 0.05) is 24.6 Å². The number of unbranched alkanes of at least 4 members (excludes halogenated alkanes) is 1. The number of carbonyl (C=O) groups is 1. The highest BCUT2D eigenvalue weighted by molar-refractivity contribution is 6.06. The van der Waals surface area contributed by atoms with Gasteiger partial charge in [0.1, 0.15) is 11.6 Å². The zero-order valence-corrected chi connectivity index (χ0v) is 14.9. The first-order valence-electron chi connectivity index (χ1n) is 8.80. The van der Waals surface area contributed by atoms with Gasteiger partial charge in [0.2, 0.25) is 0 Å². The minimum atomic E-state index is -0.166. The van der Waals surface area contributed by atoms with Crippen LogP contribution < -0.4 is 10.1 Å². The van der Waals surface area contributed by atoms with E-state index in [1.54, 1.807) is 6.07 Å². The van der Waals surface area contributed by atoms with Crippen LogP contribution >= 0.6 is 0 Å². The number of carbonyl (C=O) groups excluding carboxylic acids is 1. The van der Waals surface area contributed by atoms with Crippen LogP contribution in [0.2, 0.25) is 0 Å². The first-order valence-corrected chi connectivity index (χ1v) is 8.80. The molecule has 0 spiro atoms. The Kier molecular flexibility index (Phi) is 6.04. The number of hydrogen-bond acceptors (Lipinski definition) is 3. The highest BCUT2D eigenvalue weighted by Gasteiger charge is 2.12. The first-order chi connectivity index (χ1) is 12.7. The van der Waals surface area contributed by atoms with Gasteiger partial charge in [-0.2, -0.15) is 0 Å². The molecule has 0 bridgehead atoms. The molecule has 5 heteroatoms. The summed E-state index contributed by atoms with van der Waals surface area (Å²) < 4.78 is 7.99. The van der Waals surface area contributed by atoms with Gasteiger partial charge in [0.25, 0.3) is 5.91 Å². The Balaban J connectivity index is 1.52. The summed E-state index contributed by atoms with van der Waals surface area (Å²) in [5.41, 5.74) is 1.31. The fourth-order valence-electron chi connectivity index (χ4n) is 2.71. The molecule has 2 aromatic carbocycles.